The highest BCUT2D eigenvalue weighted by atomic mass is 16.5. The molecule has 4 heteroatoms. The Morgan fingerprint density at radius 1 is 1.15 bits per heavy atom. The molecule has 4 nitrogen and oxygen atoms in total. The Bertz CT molecular complexity index is 592. The SMILES string of the molecule is COc1ccccc1C(=O)Nc1ccc(C(C)N)cc1. The molecule has 0 aliphatic heterocycles. The van der Waals surface area contributed by atoms with Crippen molar-refractivity contribution in [1.29, 1.82) is 0 Å². The van der Waals surface area contributed by atoms with E-state index in [4.69, 9.17) is 10.5 Å². The molecule has 1 unspecified atom stereocenters. The first-order valence-electron chi connectivity index (χ1n) is 6.41. The largest absolute Gasteiger partial charge is 0.496 e. The van der Waals surface area contributed by atoms with Crippen LogP contribution < -0.4 is 15.8 Å². The minimum Gasteiger partial charge on any atom is -0.496 e. The van der Waals surface area contributed by atoms with E-state index in [0.717, 1.165) is 11.3 Å². The molecule has 1 atom stereocenters. The minimum absolute atomic E-state index is 0.0195. The number of nitrogens with one attached hydrogen (secondary N) is 1. The number of methoxy groups -OCH3 is 1. The van der Waals surface area contributed by atoms with Crippen LogP contribution in [0.5, 0.6) is 5.75 Å². The smallest absolute Gasteiger partial charge is 0.259 e. The van der Waals surface area contributed by atoms with Gasteiger partial charge in [0.1, 0.15) is 5.75 Å². The number of amides is 1. The van der Waals surface area contributed by atoms with Crippen LogP contribution in [-0.4, -0.2) is 13.0 Å². The summed E-state index contributed by atoms with van der Waals surface area (Å²) in [6, 6.07) is 14.6. The van der Waals surface area contributed by atoms with E-state index in [1.165, 1.54) is 0 Å². The highest BCUT2D eigenvalue weighted by Crippen LogP contribution is 2.20. The molecule has 2 aromatic rings. The van der Waals surface area contributed by atoms with Crippen molar-refractivity contribution < 1.29 is 9.53 Å². The molecule has 0 aromatic heterocycles. The van der Waals surface area contributed by atoms with E-state index in [1.54, 1.807) is 25.3 Å². The lowest BCUT2D eigenvalue weighted by Crippen LogP contribution is -2.13. The molecule has 0 saturated carbocycles. The number of anilines is 1. The molecule has 0 saturated heterocycles. The van der Waals surface area contributed by atoms with Gasteiger partial charge in [0.25, 0.3) is 5.91 Å². The fourth-order valence-corrected chi connectivity index (χ4v) is 1.90. The second-order valence-corrected chi connectivity index (χ2v) is 4.57. The van der Waals surface area contributed by atoms with Crippen LogP contribution in [0.1, 0.15) is 28.9 Å². The van der Waals surface area contributed by atoms with Gasteiger partial charge in [-0.15, -0.1) is 0 Å². The third kappa shape index (κ3) is 3.16. The maximum absolute atomic E-state index is 12.2. The van der Waals surface area contributed by atoms with Crippen LogP contribution in [0.4, 0.5) is 5.69 Å². The summed E-state index contributed by atoms with van der Waals surface area (Å²) in [4.78, 5) is 12.2. The fraction of sp³-hybridized carbons (Fsp3) is 0.188. The molecule has 104 valence electrons. The lowest BCUT2D eigenvalue weighted by Gasteiger charge is -2.10. The molecule has 0 radical (unpaired) electrons. The number of hydrogen-bond acceptors (Lipinski definition) is 3. The van der Waals surface area contributed by atoms with Crippen molar-refractivity contribution in [2.45, 2.75) is 13.0 Å². The maximum Gasteiger partial charge on any atom is 0.259 e. The van der Waals surface area contributed by atoms with Crippen LogP contribution in [0.3, 0.4) is 0 Å². The Kier molecular flexibility index (Phi) is 4.38. The lowest BCUT2D eigenvalue weighted by atomic mass is 10.1. The first-order chi connectivity index (χ1) is 9.61. The summed E-state index contributed by atoms with van der Waals surface area (Å²) in [5.74, 6) is 0.355. The number of rotatable bonds is 4. The van der Waals surface area contributed by atoms with Gasteiger partial charge in [0, 0.05) is 11.7 Å². The zero-order chi connectivity index (χ0) is 14.5. The van der Waals surface area contributed by atoms with Crippen LogP contribution in [0, 0.1) is 0 Å². The molecular formula is C16H18N2O2. The number of nitrogens with two attached hydrogens (primary N) is 1. The normalized spacial score (nSPS) is 11.8. The molecule has 2 rings (SSSR count). The van der Waals surface area contributed by atoms with Crippen LogP contribution in [0.15, 0.2) is 48.5 Å². The highest BCUT2D eigenvalue weighted by molar-refractivity contribution is 6.06. The van der Waals surface area contributed by atoms with Gasteiger partial charge in [0.2, 0.25) is 0 Å². The summed E-state index contributed by atoms with van der Waals surface area (Å²) in [6.45, 7) is 1.92. The molecule has 20 heavy (non-hydrogen) atoms. The molecule has 0 aliphatic carbocycles. The van der Waals surface area contributed by atoms with Crippen molar-refractivity contribution in [3.8, 4) is 5.75 Å². The van der Waals surface area contributed by atoms with Crippen LogP contribution >= 0.6 is 0 Å². The van der Waals surface area contributed by atoms with E-state index < -0.39 is 0 Å². The van der Waals surface area contributed by atoms with E-state index in [2.05, 4.69) is 5.32 Å². The number of ether oxygens (including phenoxy) is 1. The van der Waals surface area contributed by atoms with E-state index >= 15 is 0 Å². The standard InChI is InChI=1S/C16H18N2O2/c1-11(17)12-7-9-13(10-8-12)18-16(19)14-5-3-4-6-15(14)20-2/h3-11H,17H2,1-2H3,(H,18,19). The van der Waals surface area contributed by atoms with Gasteiger partial charge in [-0.2, -0.15) is 0 Å². The van der Waals surface area contributed by atoms with Gasteiger partial charge in [-0.05, 0) is 36.8 Å². The molecule has 0 spiro atoms. The van der Waals surface area contributed by atoms with Crippen molar-refractivity contribution >= 4 is 11.6 Å². The van der Waals surface area contributed by atoms with Crippen LogP contribution in [0.25, 0.3) is 0 Å². The van der Waals surface area contributed by atoms with Gasteiger partial charge in [-0.25, -0.2) is 0 Å². The highest BCUT2D eigenvalue weighted by Gasteiger charge is 2.11. The summed E-state index contributed by atoms with van der Waals surface area (Å²) in [6.07, 6.45) is 0. The van der Waals surface area contributed by atoms with Crippen molar-refractivity contribution in [3.63, 3.8) is 0 Å². The van der Waals surface area contributed by atoms with Crippen molar-refractivity contribution in [1.82, 2.24) is 0 Å². The van der Waals surface area contributed by atoms with Crippen molar-refractivity contribution in [2.75, 3.05) is 12.4 Å². The summed E-state index contributed by atoms with van der Waals surface area (Å²) in [5.41, 5.74) is 8.05. The van der Waals surface area contributed by atoms with Gasteiger partial charge in [-0.3, -0.25) is 4.79 Å². The molecular weight excluding hydrogens is 252 g/mol. The van der Waals surface area contributed by atoms with Crippen molar-refractivity contribution in [2.24, 2.45) is 5.73 Å². The van der Waals surface area contributed by atoms with E-state index in [-0.39, 0.29) is 11.9 Å². The Labute approximate surface area is 118 Å². The average molecular weight is 270 g/mol. The zero-order valence-corrected chi connectivity index (χ0v) is 11.6. The van der Waals surface area contributed by atoms with Gasteiger partial charge < -0.3 is 15.8 Å². The second kappa shape index (κ2) is 6.21. The number of para-hydroxylation sites is 1. The summed E-state index contributed by atoms with van der Waals surface area (Å²) in [5, 5.41) is 2.84. The summed E-state index contributed by atoms with van der Waals surface area (Å²) in [7, 11) is 1.55. The van der Waals surface area contributed by atoms with E-state index in [1.807, 2.05) is 37.3 Å². The zero-order valence-electron chi connectivity index (χ0n) is 11.6. The number of carbonyl (C=O) groups excluding carboxylic acids is 1. The first kappa shape index (κ1) is 14.1. The molecule has 0 fully saturated rings. The molecule has 1 amide bonds. The Morgan fingerprint density at radius 3 is 2.40 bits per heavy atom. The predicted molar refractivity (Wildman–Crippen MR) is 80.0 cm³/mol. The molecule has 0 bridgehead atoms. The molecule has 3 N–H and O–H groups in total. The number of carbonyl (C=O) groups is 1. The summed E-state index contributed by atoms with van der Waals surface area (Å²) < 4.78 is 5.18. The molecule has 0 aliphatic rings. The molecule has 2 aromatic carbocycles. The average Bonchev–Trinajstić information content (AvgIpc) is 2.47. The Hall–Kier alpha value is -2.33. The van der Waals surface area contributed by atoms with Crippen LogP contribution in [0.2, 0.25) is 0 Å². The second-order valence-electron chi connectivity index (χ2n) is 4.57. The van der Waals surface area contributed by atoms with Crippen molar-refractivity contribution in [3.05, 3.63) is 59.7 Å². The van der Waals surface area contributed by atoms with E-state index in [0.29, 0.717) is 11.3 Å². The van der Waals surface area contributed by atoms with Gasteiger partial charge >= 0.3 is 0 Å². The van der Waals surface area contributed by atoms with E-state index in [9.17, 15) is 4.79 Å². The third-order valence-corrected chi connectivity index (χ3v) is 3.05. The lowest BCUT2D eigenvalue weighted by molar-refractivity contribution is 0.102. The van der Waals surface area contributed by atoms with Gasteiger partial charge in [-0.1, -0.05) is 24.3 Å². The molecule has 0 heterocycles. The number of hydrogen-bond donors (Lipinski definition) is 2. The fourth-order valence-electron chi connectivity index (χ4n) is 1.90. The Balaban J connectivity index is 2.15. The summed E-state index contributed by atoms with van der Waals surface area (Å²) >= 11 is 0. The van der Waals surface area contributed by atoms with Crippen LogP contribution in [-0.2, 0) is 0 Å². The maximum atomic E-state index is 12.2. The third-order valence-electron chi connectivity index (χ3n) is 3.05. The minimum atomic E-state index is -0.198. The first-order valence-corrected chi connectivity index (χ1v) is 6.41. The Morgan fingerprint density at radius 2 is 1.80 bits per heavy atom. The monoisotopic (exact) mass is 270 g/mol. The topological polar surface area (TPSA) is 64.3 Å². The predicted octanol–water partition coefficient (Wildman–Crippen LogP) is 2.97. The van der Waals surface area contributed by atoms with Gasteiger partial charge in [0.05, 0.1) is 12.7 Å². The quantitative estimate of drug-likeness (QED) is 0.897. The van der Waals surface area contributed by atoms with Gasteiger partial charge in [0.15, 0.2) is 0 Å². The number of benzene rings is 2.